The van der Waals surface area contributed by atoms with Crippen molar-refractivity contribution in [1.29, 1.82) is 0 Å². The molecule has 0 saturated carbocycles. The summed E-state index contributed by atoms with van der Waals surface area (Å²) in [6.45, 7) is -0.492. The number of pyridine rings is 1. The molecule has 1 aromatic heterocycles. The molecule has 4 rings (SSSR count). The highest BCUT2D eigenvalue weighted by atomic mass is 32.2. The van der Waals surface area contributed by atoms with Crippen LogP contribution in [-0.4, -0.2) is 75.6 Å². The van der Waals surface area contributed by atoms with Crippen molar-refractivity contribution >= 4 is 32.6 Å². The van der Waals surface area contributed by atoms with Crippen molar-refractivity contribution in [2.45, 2.75) is 12.5 Å². The minimum Gasteiger partial charge on any atom is -0.493 e. The fourth-order valence-corrected chi connectivity index (χ4v) is 5.85. The zero-order chi connectivity index (χ0) is 25.2. The molecule has 1 aliphatic heterocycles. The van der Waals surface area contributed by atoms with Gasteiger partial charge in [0.05, 0.1) is 42.5 Å². The van der Waals surface area contributed by atoms with Crippen LogP contribution < -0.4 is 9.47 Å². The predicted molar refractivity (Wildman–Crippen MR) is 130 cm³/mol. The molecule has 0 aliphatic carbocycles. The molecule has 0 spiro atoms. The van der Waals surface area contributed by atoms with Crippen molar-refractivity contribution in [3.8, 4) is 22.8 Å². The van der Waals surface area contributed by atoms with Gasteiger partial charge in [0.25, 0.3) is 5.91 Å². The van der Waals surface area contributed by atoms with Crippen LogP contribution in [0, 0.1) is 0 Å². The Morgan fingerprint density at radius 2 is 1.80 bits per heavy atom. The van der Waals surface area contributed by atoms with Crippen molar-refractivity contribution in [3.63, 3.8) is 0 Å². The third kappa shape index (κ3) is 5.22. The van der Waals surface area contributed by atoms with Gasteiger partial charge in [0.1, 0.15) is 0 Å². The van der Waals surface area contributed by atoms with E-state index in [9.17, 15) is 18.0 Å². The second kappa shape index (κ2) is 9.91. The maximum Gasteiger partial charge on any atom is 0.339 e. The van der Waals surface area contributed by atoms with E-state index in [0.29, 0.717) is 40.1 Å². The van der Waals surface area contributed by atoms with Gasteiger partial charge in [0, 0.05) is 24.0 Å². The van der Waals surface area contributed by atoms with Crippen molar-refractivity contribution in [2.75, 3.05) is 39.4 Å². The molecule has 0 N–H and O–H groups in total. The summed E-state index contributed by atoms with van der Waals surface area (Å²) in [4.78, 5) is 31.6. The normalized spacial score (nSPS) is 16.6. The topological polar surface area (TPSA) is 112 Å². The Bertz CT molecular complexity index is 1390. The summed E-state index contributed by atoms with van der Waals surface area (Å²) >= 11 is 0. The quantitative estimate of drug-likeness (QED) is 0.457. The number of hydrogen-bond acceptors (Lipinski definition) is 8. The van der Waals surface area contributed by atoms with Crippen LogP contribution in [0.25, 0.3) is 22.2 Å². The largest absolute Gasteiger partial charge is 0.493 e. The highest BCUT2D eigenvalue weighted by molar-refractivity contribution is 7.91. The molecule has 184 valence electrons. The lowest BCUT2D eigenvalue weighted by atomic mass is 10.0. The van der Waals surface area contributed by atoms with Crippen molar-refractivity contribution in [1.82, 2.24) is 9.88 Å². The fraction of sp³-hybridized carbons (Fsp3) is 0.320. The zero-order valence-corrected chi connectivity index (χ0v) is 20.5. The van der Waals surface area contributed by atoms with Crippen LogP contribution in [0.3, 0.4) is 0 Å². The number of carbonyl (C=O) groups is 2. The molecule has 1 fully saturated rings. The van der Waals surface area contributed by atoms with Crippen LogP contribution in [0.5, 0.6) is 11.5 Å². The standard InChI is InChI=1S/C25H26N2O7S/c1-27(17-10-11-35(30,31)15-17)24(28)14-34-25(29)19-13-21(26-20-7-5-4-6-18(19)20)16-8-9-22(32-2)23(12-16)33-3/h4-9,12-13,17H,10-11,14-15H2,1-3H3/t17-/m0/s1. The van der Waals surface area contributed by atoms with Gasteiger partial charge in [0.15, 0.2) is 27.9 Å². The van der Waals surface area contributed by atoms with E-state index in [1.54, 1.807) is 43.5 Å². The van der Waals surface area contributed by atoms with Crippen LogP contribution >= 0.6 is 0 Å². The number of amides is 1. The molecular weight excluding hydrogens is 472 g/mol. The third-order valence-electron chi connectivity index (χ3n) is 6.09. The van der Waals surface area contributed by atoms with Crippen molar-refractivity contribution in [3.05, 3.63) is 54.1 Å². The molecule has 1 saturated heterocycles. The van der Waals surface area contributed by atoms with E-state index >= 15 is 0 Å². The van der Waals surface area contributed by atoms with E-state index in [0.717, 1.165) is 0 Å². The lowest BCUT2D eigenvalue weighted by molar-refractivity contribution is -0.134. The number of fused-ring (bicyclic) bond motifs is 1. The fourth-order valence-electron chi connectivity index (χ4n) is 4.08. The molecule has 3 aromatic rings. The molecule has 1 amide bonds. The van der Waals surface area contributed by atoms with Gasteiger partial charge in [-0.3, -0.25) is 4.79 Å². The van der Waals surface area contributed by atoms with Gasteiger partial charge in [-0.1, -0.05) is 18.2 Å². The van der Waals surface area contributed by atoms with Crippen LogP contribution in [-0.2, 0) is 19.4 Å². The third-order valence-corrected chi connectivity index (χ3v) is 7.84. The SMILES string of the molecule is COc1ccc(-c2cc(C(=O)OCC(=O)N(C)[C@H]3CCS(=O)(=O)C3)c3ccccc3n2)cc1OC. The number of methoxy groups -OCH3 is 2. The van der Waals surface area contributed by atoms with Gasteiger partial charge in [0.2, 0.25) is 0 Å². The zero-order valence-electron chi connectivity index (χ0n) is 19.7. The summed E-state index contributed by atoms with van der Waals surface area (Å²) in [5, 5.41) is 0.587. The molecule has 0 radical (unpaired) electrons. The monoisotopic (exact) mass is 498 g/mol. The average molecular weight is 499 g/mol. The van der Waals surface area contributed by atoms with E-state index in [1.165, 1.54) is 19.1 Å². The number of carbonyl (C=O) groups excluding carboxylic acids is 2. The summed E-state index contributed by atoms with van der Waals surface area (Å²) in [5.41, 5.74) is 2.09. The van der Waals surface area contributed by atoms with Gasteiger partial charge in [-0.2, -0.15) is 0 Å². The summed E-state index contributed by atoms with van der Waals surface area (Å²) in [6.07, 6.45) is 0.377. The number of likely N-dealkylation sites (N-methyl/N-ethyl adjacent to an activating group) is 1. The van der Waals surface area contributed by atoms with E-state index in [2.05, 4.69) is 4.98 Å². The minimum atomic E-state index is -3.14. The van der Waals surface area contributed by atoms with Gasteiger partial charge in [-0.15, -0.1) is 0 Å². The minimum absolute atomic E-state index is 0.0526. The summed E-state index contributed by atoms with van der Waals surface area (Å²) < 4.78 is 39.5. The lowest BCUT2D eigenvalue weighted by Crippen LogP contribution is -2.40. The van der Waals surface area contributed by atoms with Crippen LogP contribution in [0.1, 0.15) is 16.8 Å². The first-order valence-corrected chi connectivity index (χ1v) is 12.8. The van der Waals surface area contributed by atoms with Gasteiger partial charge >= 0.3 is 5.97 Å². The maximum absolute atomic E-state index is 13.1. The summed E-state index contributed by atoms with van der Waals surface area (Å²) in [5.74, 6) is -0.0739. The lowest BCUT2D eigenvalue weighted by Gasteiger charge is -2.23. The first-order valence-electron chi connectivity index (χ1n) is 11.0. The van der Waals surface area contributed by atoms with Crippen LogP contribution in [0.4, 0.5) is 0 Å². The molecule has 2 heterocycles. The Hall–Kier alpha value is -3.66. The Balaban J connectivity index is 1.59. The maximum atomic E-state index is 13.1. The highest BCUT2D eigenvalue weighted by Crippen LogP contribution is 2.33. The first-order chi connectivity index (χ1) is 16.7. The second-order valence-electron chi connectivity index (χ2n) is 8.28. The average Bonchev–Trinajstić information content (AvgIpc) is 3.24. The number of benzene rings is 2. The Kier molecular flexibility index (Phi) is 6.93. The molecule has 0 unspecified atom stereocenters. The summed E-state index contributed by atoms with van der Waals surface area (Å²) in [7, 11) is 1.47. The number of ether oxygens (including phenoxy) is 3. The van der Waals surface area contributed by atoms with Gasteiger partial charge in [-0.05, 0) is 36.8 Å². The number of para-hydroxylation sites is 1. The van der Waals surface area contributed by atoms with Crippen LogP contribution in [0.2, 0.25) is 0 Å². The van der Waals surface area contributed by atoms with E-state index in [4.69, 9.17) is 14.2 Å². The number of hydrogen-bond donors (Lipinski definition) is 0. The molecule has 2 aromatic carbocycles. The number of rotatable bonds is 7. The van der Waals surface area contributed by atoms with Gasteiger partial charge in [-0.25, -0.2) is 18.2 Å². The van der Waals surface area contributed by atoms with Crippen molar-refractivity contribution < 1.29 is 32.2 Å². The number of nitrogens with zero attached hydrogens (tertiary/aromatic N) is 2. The molecule has 9 nitrogen and oxygen atoms in total. The summed E-state index contributed by atoms with van der Waals surface area (Å²) in [6, 6.07) is 13.7. The molecule has 10 heteroatoms. The number of esters is 1. The second-order valence-corrected chi connectivity index (χ2v) is 10.5. The van der Waals surface area contributed by atoms with Gasteiger partial charge < -0.3 is 19.1 Å². The first kappa shape index (κ1) is 24.5. The van der Waals surface area contributed by atoms with Crippen molar-refractivity contribution in [2.24, 2.45) is 0 Å². The number of sulfone groups is 1. The Labute approximate surface area is 203 Å². The number of aromatic nitrogens is 1. The van der Waals surface area contributed by atoms with E-state index < -0.39 is 34.4 Å². The molecule has 1 atom stereocenters. The highest BCUT2D eigenvalue weighted by Gasteiger charge is 2.33. The molecular formula is C25H26N2O7S. The smallest absolute Gasteiger partial charge is 0.339 e. The molecule has 1 aliphatic rings. The van der Waals surface area contributed by atoms with E-state index in [-0.39, 0.29) is 17.1 Å². The Morgan fingerprint density at radius 3 is 2.49 bits per heavy atom. The molecule has 0 bridgehead atoms. The predicted octanol–water partition coefficient (Wildman–Crippen LogP) is 2.72. The van der Waals surface area contributed by atoms with Crippen LogP contribution in [0.15, 0.2) is 48.5 Å². The molecule has 35 heavy (non-hydrogen) atoms. The Morgan fingerprint density at radius 1 is 1.06 bits per heavy atom. The van der Waals surface area contributed by atoms with E-state index in [1.807, 2.05) is 12.1 Å².